The minimum Gasteiger partial charge on any atom is -0.475 e. The van der Waals surface area contributed by atoms with Crippen LogP contribution in [0.3, 0.4) is 0 Å². The Morgan fingerprint density at radius 2 is 1.88 bits per heavy atom. The molecular weight excluding hydrogens is 356 g/mol. The van der Waals surface area contributed by atoms with Crippen LogP contribution in [-0.4, -0.2) is 26.0 Å². The number of aryl methyl sites for hydroxylation is 1. The number of rotatable bonds is 6. The van der Waals surface area contributed by atoms with E-state index in [-0.39, 0.29) is 17.2 Å². The number of fused-ring (bicyclic) bond motifs is 1. The summed E-state index contributed by atoms with van der Waals surface area (Å²) in [6.45, 7) is 1.81. The van der Waals surface area contributed by atoms with Crippen LogP contribution in [0.1, 0.15) is 21.7 Å². The van der Waals surface area contributed by atoms with Crippen molar-refractivity contribution in [1.29, 1.82) is 0 Å². The molecule has 0 radical (unpaired) electrons. The van der Waals surface area contributed by atoms with E-state index in [9.17, 15) is 13.2 Å². The van der Waals surface area contributed by atoms with Crippen LogP contribution in [0.25, 0.3) is 11.0 Å². The van der Waals surface area contributed by atoms with Crippen molar-refractivity contribution < 1.29 is 22.7 Å². The van der Waals surface area contributed by atoms with E-state index in [1.807, 2.05) is 12.1 Å². The molecule has 0 atom stereocenters. The molecule has 3 aromatic rings. The Balaban J connectivity index is 1.79. The zero-order chi connectivity index (χ0) is 18.9. The zero-order valence-electron chi connectivity index (χ0n) is 14.0. The summed E-state index contributed by atoms with van der Waals surface area (Å²) >= 11 is 0. The summed E-state index contributed by atoms with van der Waals surface area (Å²) in [5.41, 5.74) is 7.97. The first-order valence-electron chi connectivity index (χ1n) is 7.88. The Labute approximate surface area is 150 Å². The number of nitrogens with two attached hydrogens (primary N) is 1. The average molecular weight is 374 g/mol. The van der Waals surface area contributed by atoms with Gasteiger partial charge in [0.2, 0.25) is 15.8 Å². The Kier molecular flexibility index (Phi) is 4.71. The third-order valence-corrected chi connectivity index (χ3v) is 5.56. The van der Waals surface area contributed by atoms with Gasteiger partial charge in [-0.05, 0) is 49.2 Å². The van der Waals surface area contributed by atoms with Gasteiger partial charge in [-0.15, -0.1) is 0 Å². The van der Waals surface area contributed by atoms with Gasteiger partial charge in [0.1, 0.15) is 5.58 Å². The van der Waals surface area contributed by atoms with Crippen molar-refractivity contribution in [2.24, 2.45) is 0 Å². The van der Waals surface area contributed by atoms with Gasteiger partial charge in [-0.25, -0.2) is 17.9 Å². The highest BCUT2D eigenvalue weighted by Crippen LogP contribution is 2.27. The second kappa shape index (κ2) is 6.81. The second-order valence-corrected chi connectivity index (χ2v) is 7.68. The van der Waals surface area contributed by atoms with Crippen molar-refractivity contribution in [3.8, 4) is 0 Å². The first-order chi connectivity index (χ1) is 12.3. The van der Waals surface area contributed by atoms with E-state index in [0.717, 1.165) is 5.56 Å². The highest BCUT2D eigenvalue weighted by atomic mass is 32.2. The van der Waals surface area contributed by atoms with E-state index in [4.69, 9.17) is 15.3 Å². The molecule has 4 N–H and O–H groups in total. The van der Waals surface area contributed by atoms with Crippen LogP contribution >= 0.6 is 0 Å². The Morgan fingerprint density at radius 3 is 2.54 bits per heavy atom. The maximum absolute atomic E-state index is 12.5. The monoisotopic (exact) mass is 374 g/mol. The van der Waals surface area contributed by atoms with Gasteiger partial charge < -0.3 is 15.3 Å². The van der Waals surface area contributed by atoms with Gasteiger partial charge >= 0.3 is 5.97 Å². The molecule has 2 aromatic carbocycles. The molecule has 0 aliphatic heterocycles. The van der Waals surface area contributed by atoms with E-state index in [0.29, 0.717) is 28.6 Å². The maximum Gasteiger partial charge on any atom is 0.372 e. The highest BCUT2D eigenvalue weighted by molar-refractivity contribution is 7.89. The third kappa shape index (κ3) is 3.56. The van der Waals surface area contributed by atoms with Crippen LogP contribution in [0.4, 0.5) is 5.69 Å². The minimum absolute atomic E-state index is 0.0585. The van der Waals surface area contributed by atoms with Gasteiger partial charge in [-0.3, -0.25) is 0 Å². The summed E-state index contributed by atoms with van der Waals surface area (Å²) in [4.78, 5) is 11.2. The topological polar surface area (TPSA) is 123 Å². The molecule has 0 saturated carbocycles. The van der Waals surface area contributed by atoms with E-state index in [2.05, 4.69) is 4.72 Å². The molecule has 136 valence electrons. The molecule has 3 rings (SSSR count). The smallest absolute Gasteiger partial charge is 0.372 e. The normalized spacial score (nSPS) is 11.7. The number of carbonyl (C=O) groups is 1. The SMILES string of the molecule is Cc1c(C(=O)O)oc2ccc(S(=O)(=O)NCCc3ccc(N)cc3)cc12. The molecule has 0 bridgehead atoms. The first kappa shape index (κ1) is 18.0. The fraction of sp³-hybridized carbons (Fsp3) is 0.167. The molecule has 1 aromatic heterocycles. The Bertz CT molecular complexity index is 1070. The molecular formula is C18H18N2O5S. The van der Waals surface area contributed by atoms with E-state index in [1.165, 1.54) is 18.2 Å². The number of benzene rings is 2. The maximum atomic E-state index is 12.5. The molecule has 0 fully saturated rings. The second-order valence-electron chi connectivity index (χ2n) is 5.91. The molecule has 7 nitrogen and oxygen atoms in total. The fourth-order valence-corrected chi connectivity index (χ4v) is 3.73. The number of hydrogen-bond donors (Lipinski definition) is 3. The molecule has 0 spiro atoms. The fourth-order valence-electron chi connectivity index (χ4n) is 2.67. The lowest BCUT2D eigenvalue weighted by molar-refractivity contribution is 0.0664. The predicted octanol–water partition coefficient (Wildman–Crippen LogP) is 2.54. The number of anilines is 1. The number of hydrogen-bond acceptors (Lipinski definition) is 5. The summed E-state index contributed by atoms with van der Waals surface area (Å²) < 4.78 is 32.8. The lowest BCUT2D eigenvalue weighted by atomic mass is 10.1. The van der Waals surface area contributed by atoms with Gasteiger partial charge in [0.05, 0.1) is 4.90 Å². The highest BCUT2D eigenvalue weighted by Gasteiger charge is 2.20. The standard InChI is InChI=1S/C18H18N2O5S/c1-11-15-10-14(6-7-16(15)25-17(11)18(21)22)26(23,24)20-9-8-12-2-4-13(19)5-3-12/h2-7,10,20H,8-9,19H2,1H3,(H,21,22). The van der Waals surface area contributed by atoms with Crippen molar-refractivity contribution in [3.63, 3.8) is 0 Å². The Morgan fingerprint density at radius 1 is 1.19 bits per heavy atom. The summed E-state index contributed by atoms with van der Waals surface area (Å²) in [6, 6.07) is 11.5. The molecule has 0 amide bonds. The summed E-state index contributed by atoms with van der Waals surface area (Å²) in [7, 11) is -3.72. The van der Waals surface area contributed by atoms with Crippen molar-refractivity contribution in [3.05, 3.63) is 59.4 Å². The lowest BCUT2D eigenvalue weighted by Gasteiger charge is -2.07. The van der Waals surface area contributed by atoms with Crippen LogP contribution in [0.5, 0.6) is 0 Å². The summed E-state index contributed by atoms with van der Waals surface area (Å²) in [6.07, 6.45) is 0.523. The van der Waals surface area contributed by atoms with Crippen molar-refractivity contribution in [2.45, 2.75) is 18.2 Å². The molecule has 0 saturated heterocycles. The first-order valence-corrected chi connectivity index (χ1v) is 9.37. The largest absolute Gasteiger partial charge is 0.475 e. The number of nitrogens with one attached hydrogen (secondary N) is 1. The van der Waals surface area contributed by atoms with Crippen LogP contribution < -0.4 is 10.5 Å². The number of aromatic carboxylic acids is 1. The van der Waals surface area contributed by atoms with E-state index in [1.54, 1.807) is 19.1 Å². The van der Waals surface area contributed by atoms with Crippen LogP contribution in [0.2, 0.25) is 0 Å². The van der Waals surface area contributed by atoms with Crippen molar-refractivity contribution in [1.82, 2.24) is 4.72 Å². The molecule has 8 heteroatoms. The molecule has 0 unspecified atom stereocenters. The van der Waals surface area contributed by atoms with Gasteiger partial charge in [-0.2, -0.15) is 0 Å². The van der Waals surface area contributed by atoms with Crippen LogP contribution in [0, 0.1) is 6.92 Å². The van der Waals surface area contributed by atoms with Gasteiger partial charge in [0.25, 0.3) is 0 Å². The molecule has 1 heterocycles. The number of carboxylic acid groups (broad SMARTS) is 1. The van der Waals surface area contributed by atoms with Crippen LogP contribution in [0.15, 0.2) is 51.8 Å². The van der Waals surface area contributed by atoms with Gasteiger partial charge in [0, 0.05) is 23.2 Å². The van der Waals surface area contributed by atoms with E-state index >= 15 is 0 Å². The molecule has 0 aliphatic rings. The minimum atomic E-state index is -3.72. The van der Waals surface area contributed by atoms with Crippen molar-refractivity contribution >= 4 is 32.6 Å². The molecule has 0 aliphatic carbocycles. The quantitative estimate of drug-likeness (QED) is 0.570. The Hall–Kier alpha value is -2.84. The third-order valence-electron chi connectivity index (χ3n) is 4.10. The number of nitrogen functional groups attached to an aromatic ring is 1. The summed E-state index contributed by atoms with van der Waals surface area (Å²) in [5.74, 6) is -1.38. The zero-order valence-corrected chi connectivity index (χ0v) is 14.8. The van der Waals surface area contributed by atoms with Crippen molar-refractivity contribution in [2.75, 3.05) is 12.3 Å². The number of furan rings is 1. The molecule has 26 heavy (non-hydrogen) atoms. The number of sulfonamides is 1. The van der Waals surface area contributed by atoms with Crippen LogP contribution in [-0.2, 0) is 16.4 Å². The average Bonchev–Trinajstić information content (AvgIpc) is 2.93. The van der Waals surface area contributed by atoms with Gasteiger partial charge in [0.15, 0.2) is 0 Å². The predicted molar refractivity (Wildman–Crippen MR) is 97.7 cm³/mol. The number of carboxylic acids is 1. The lowest BCUT2D eigenvalue weighted by Crippen LogP contribution is -2.26. The van der Waals surface area contributed by atoms with E-state index < -0.39 is 16.0 Å². The summed E-state index contributed by atoms with van der Waals surface area (Å²) in [5, 5.41) is 9.57. The van der Waals surface area contributed by atoms with Gasteiger partial charge in [-0.1, -0.05) is 12.1 Å².